The van der Waals surface area contributed by atoms with Crippen LogP contribution in [0.2, 0.25) is 0 Å². The van der Waals surface area contributed by atoms with E-state index < -0.39 is 0 Å². The molecule has 4 N–H and O–H groups in total. The number of urea groups is 1. The number of rotatable bonds is 5. The Labute approximate surface area is 126 Å². The minimum atomic E-state index is -0.181. The maximum absolute atomic E-state index is 11.8. The highest BCUT2D eigenvalue weighted by Crippen LogP contribution is 2.15. The lowest BCUT2D eigenvalue weighted by atomic mass is 10.1. The largest absolute Gasteiger partial charge is 0.378 e. The zero-order valence-corrected chi connectivity index (χ0v) is 12.6. The normalized spacial score (nSPS) is 19.8. The fourth-order valence-corrected chi connectivity index (χ4v) is 2.43. The van der Waals surface area contributed by atoms with E-state index in [0.29, 0.717) is 12.6 Å². The number of carbonyl (C=O) groups excluding carboxylic acids is 1. The second-order valence-corrected chi connectivity index (χ2v) is 5.57. The molecule has 116 valence electrons. The average Bonchev–Trinajstić information content (AvgIpc) is 2.49. The number of nitrogens with one attached hydrogen (secondary N) is 2. The van der Waals surface area contributed by atoms with Gasteiger partial charge in [-0.1, -0.05) is 12.1 Å². The summed E-state index contributed by atoms with van der Waals surface area (Å²) in [5.41, 5.74) is 7.61. The molecule has 21 heavy (non-hydrogen) atoms. The Morgan fingerprint density at radius 3 is 2.76 bits per heavy atom. The minimum absolute atomic E-state index is 0.00312. The highest BCUT2D eigenvalue weighted by molar-refractivity contribution is 5.89. The van der Waals surface area contributed by atoms with Crippen LogP contribution in [0.1, 0.15) is 44.2 Å². The molecule has 0 aromatic heterocycles. The van der Waals surface area contributed by atoms with Gasteiger partial charge >= 0.3 is 6.03 Å². The molecule has 1 aliphatic rings. The predicted molar refractivity (Wildman–Crippen MR) is 84.3 cm³/mol. The second kappa shape index (κ2) is 8.00. The Kier molecular flexibility index (Phi) is 6.02. The van der Waals surface area contributed by atoms with Gasteiger partial charge in [-0.3, -0.25) is 0 Å². The standard InChI is InChI=1S/C16H25N3O2/c1-12(17)13-5-7-14(8-6-13)19-16(20)18-10-9-15-4-2-3-11-21-15/h5-8,12,15H,2-4,9-11,17H2,1H3,(H2,18,19,20). The maximum Gasteiger partial charge on any atom is 0.319 e. The van der Waals surface area contributed by atoms with Gasteiger partial charge in [0.05, 0.1) is 6.10 Å². The molecule has 0 spiro atoms. The van der Waals surface area contributed by atoms with Crippen LogP contribution in [0.3, 0.4) is 0 Å². The van der Waals surface area contributed by atoms with Gasteiger partial charge in [0.2, 0.25) is 0 Å². The van der Waals surface area contributed by atoms with Gasteiger partial charge in [-0.2, -0.15) is 0 Å². The van der Waals surface area contributed by atoms with E-state index >= 15 is 0 Å². The van der Waals surface area contributed by atoms with E-state index in [4.69, 9.17) is 10.5 Å². The van der Waals surface area contributed by atoms with Crippen molar-refractivity contribution in [3.8, 4) is 0 Å². The van der Waals surface area contributed by atoms with Gasteiger partial charge in [-0.05, 0) is 50.3 Å². The molecular weight excluding hydrogens is 266 g/mol. The first kappa shape index (κ1) is 15.8. The number of ether oxygens (including phenoxy) is 1. The van der Waals surface area contributed by atoms with E-state index in [1.807, 2.05) is 31.2 Å². The van der Waals surface area contributed by atoms with Crippen molar-refractivity contribution >= 4 is 11.7 Å². The molecule has 1 aliphatic heterocycles. The molecule has 0 saturated carbocycles. The van der Waals surface area contributed by atoms with Gasteiger partial charge in [0.1, 0.15) is 0 Å². The van der Waals surface area contributed by atoms with Crippen molar-refractivity contribution in [1.29, 1.82) is 0 Å². The number of anilines is 1. The number of carbonyl (C=O) groups is 1. The van der Waals surface area contributed by atoms with Crippen molar-refractivity contribution in [3.63, 3.8) is 0 Å². The molecule has 1 fully saturated rings. The lowest BCUT2D eigenvalue weighted by Crippen LogP contribution is -2.32. The van der Waals surface area contributed by atoms with E-state index in [0.717, 1.165) is 37.1 Å². The number of nitrogens with two attached hydrogens (primary N) is 1. The summed E-state index contributed by atoms with van der Waals surface area (Å²) in [6, 6.07) is 7.40. The molecule has 1 heterocycles. The quantitative estimate of drug-likeness (QED) is 0.780. The molecule has 5 nitrogen and oxygen atoms in total. The van der Waals surface area contributed by atoms with Gasteiger partial charge < -0.3 is 21.1 Å². The summed E-state index contributed by atoms with van der Waals surface area (Å²) in [7, 11) is 0. The number of hydrogen-bond acceptors (Lipinski definition) is 3. The van der Waals surface area contributed by atoms with Crippen LogP contribution in [0.5, 0.6) is 0 Å². The smallest absolute Gasteiger partial charge is 0.319 e. The van der Waals surface area contributed by atoms with Gasteiger partial charge in [-0.15, -0.1) is 0 Å². The molecule has 1 saturated heterocycles. The summed E-state index contributed by atoms with van der Waals surface area (Å²) in [6.45, 7) is 3.42. The minimum Gasteiger partial charge on any atom is -0.378 e. The Hall–Kier alpha value is -1.59. The van der Waals surface area contributed by atoms with Gasteiger partial charge in [0.15, 0.2) is 0 Å². The van der Waals surface area contributed by atoms with E-state index in [9.17, 15) is 4.79 Å². The fraction of sp³-hybridized carbons (Fsp3) is 0.562. The average molecular weight is 291 g/mol. The Morgan fingerprint density at radius 1 is 1.38 bits per heavy atom. The van der Waals surface area contributed by atoms with Gasteiger partial charge in [0.25, 0.3) is 0 Å². The van der Waals surface area contributed by atoms with Crippen molar-refractivity contribution in [2.24, 2.45) is 5.73 Å². The van der Waals surface area contributed by atoms with Crippen LogP contribution in [-0.2, 0) is 4.74 Å². The monoisotopic (exact) mass is 291 g/mol. The summed E-state index contributed by atoms with van der Waals surface area (Å²) in [5, 5.41) is 5.68. The maximum atomic E-state index is 11.8. The number of benzene rings is 1. The van der Waals surface area contributed by atoms with Crippen LogP contribution in [0, 0.1) is 0 Å². The summed E-state index contributed by atoms with van der Waals surface area (Å²) < 4.78 is 5.63. The topological polar surface area (TPSA) is 76.4 Å². The van der Waals surface area contributed by atoms with Crippen molar-refractivity contribution in [2.45, 2.75) is 44.8 Å². The third-order valence-electron chi connectivity index (χ3n) is 3.72. The van der Waals surface area contributed by atoms with Crippen LogP contribution in [0.15, 0.2) is 24.3 Å². The first-order valence-corrected chi connectivity index (χ1v) is 7.67. The molecule has 2 rings (SSSR count). The van der Waals surface area contributed by atoms with Crippen LogP contribution >= 0.6 is 0 Å². The van der Waals surface area contributed by atoms with Crippen molar-refractivity contribution in [3.05, 3.63) is 29.8 Å². The van der Waals surface area contributed by atoms with Gasteiger partial charge in [0, 0.05) is 24.9 Å². The molecule has 1 aromatic rings. The second-order valence-electron chi connectivity index (χ2n) is 5.57. The van der Waals surface area contributed by atoms with E-state index in [2.05, 4.69) is 10.6 Å². The highest BCUT2D eigenvalue weighted by Gasteiger charge is 2.13. The fourth-order valence-electron chi connectivity index (χ4n) is 2.43. The van der Waals surface area contributed by atoms with E-state index in [-0.39, 0.29) is 12.1 Å². The SMILES string of the molecule is CC(N)c1ccc(NC(=O)NCCC2CCCCO2)cc1. The lowest BCUT2D eigenvalue weighted by molar-refractivity contribution is 0.0120. The summed E-state index contributed by atoms with van der Waals surface area (Å²) in [4.78, 5) is 11.8. The predicted octanol–water partition coefficient (Wildman–Crippen LogP) is 2.79. The summed E-state index contributed by atoms with van der Waals surface area (Å²) in [5.74, 6) is 0. The lowest BCUT2D eigenvalue weighted by Gasteiger charge is -2.22. The number of hydrogen-bond donors (Lipinski definition) is 3. The van der Waals surface area contributed by atoms with Crippen LogP contribution in [0.4, 0.5) is 10.5 Å². The first-order valence-electron chi connectivity index (χ1n) is 7.67. The van der Waals surface area contributed by atoms with Crippen molar-refractivity contribution in [2.75, 3.05) is 18.5 Å². The molecule has 0 bridgehead atoms. The van der Waals surface area contributed by atoms with Crippen LogP contribution in [0.25, 0.3) is 0 Å². The molecule has 1 aromatic carbocycles. The highest BCUT2D eigenvalue weighted by atomic mass is 16.5. The van der Waals surface area contributed by atoms with E-state index in [1.54, 1.807) is 0 Å². The van der Waals surface area contributed by atoms with Crippen LogP contribution < -0.4 is 16.4 Å². The van der Waals surface area contributed by atoms with Crippen molar-refractivity contribution < 1.29 is 9.53 Å². The Balaban J connectivity index is 1.68. The molecule has 2 atom stereocenters. The molecule has 0 radical (unpaired) electrons. The summed E-state index contributed by atoms with van der Waals surface area (Å²) in [6.07, 6.45) is 4.65. The molecular formula is C16H25N3O2. The van der Waals surface area contributed by atoms with E-state index in [1.165, 1.54) is 6.42 Å². The van der Waals surface area contributed by atoms with Gasteiger partial charge in [-0.25, -0.2) is 4.79 Å². The molecule has 5 heteroatoms. The Morgan fingerprint density at radius 2 is 2.14 bits per heavy atom. The van der Waals surface area contributed by atoms with Crippen LogP contribution in [-0.4, -0.2) is 25.3 Å². The third kappa shape index (κ3) is 5.36. The van der Waals surface area contributed by atoms with Crippen molar-refractivity contribution in [1.82, 2.24) is 5.32 Å². The zero-order valence-electron chi connectivity index (χ0n) is 12.6. The Bertz CT molecular complexity index is 439. The zero-order chi connectivity index (χ0) is 15.1. The molecule has 2 unspecified atom stereocenters. The number of amides is 2. The third-order valence-corrected chi connectivity index (χ3v) is 3.72. The molecule has 0 aliphatic carbocycles. The molecule has 2 amide bonds. The summed E-state index contributed by atoms with van der Waals surface area (Å²) >= 11 is 0. The first-order chi connectivity index (χ1) is 10.1.